The first kappa shape index (κ1) is 12.3. The number of nitrogens with one attached hydrogen (secondary N) is 2. The van der Waals surface area contributed by atoms with Crippen molar-refractivity contribution in [3.63, 3.8) is 0 Å². The lowest BCUT2D eigenvalue weighted by Crippen LogP contribution is -2.28. The van der Waals surface area contributed by atoms with E-state index in [1.807, 2.05) is 24.3 Å². The van der Waals surface area contributed by atoms with Gasteiger partial charge >= 0.3 is 0 Å². The monoisotopic (exact) mass is 245 g/mol. The van der Waals surface area contributed by atoms with Crippen molar-refractivity contribution in [2.45, 2.75) is 13.0 Å². The fourth-order valence-electron chi connectivity index (χ4n) is 1.52. The van der Waals surface area contributed by atoms with Crippen LogP contribution in [0.1, 0.15) is 6.92 Å². The Morgan fingerprint density at radius 3 is 3.11 bits per heavy atom. The number of amides is 1. The van der Waals surface area contributed by atoms with Crippen LogP contribution in [0.4, 0.5) is 5.95 Å². The van der Waals surface area contributed by atoms with E-state index >= 15 is 0 Å². The molecule has 0 saturated heterocycles. The first-order chi connectivity index (χ1) is 8.70. The SMILES string of the molecule is C=CCOC(C)C(=O)Nc1nc2ccccc2[nH]1. The predicted octanol–water partition coefficient (Wildman–Crippen LogP) is 2.09. The first-order valence-corrected chi connectivity index (χ1v) is 5.69. The summed E-state index contributed by atoms with van der Waals surface area (Å²) in [7, 11) is 0. The third-order valence-electron chi connectivity index (χ3n) is 2.46. The van der Waals surface area contributed by atoms with Crippen LogP contribution in [-0.2, 0) is 9.53 Å². The lowest BCUT2D eigenvalue weighted by atomic mass is 10.3. The minimum Gasteiger partial charge on any atom is -0.365 e. The number of ether oxygens (including phenoxy) is 1. The molecule has 1 unspecified atom stereocenters. The van der Waals surface area contributed by atoms with Crippen molar-refractivity contribution in [3.05, 3.63) is 36.9 Å². The molecule has 18 heavy (non-hydrogen) atoms. The highest BCUT2D eigenvalue weighted by molar-refractivity contribution is 5.93. The number of hydrogen-bond acceptors (Lipinski definition) is 3. The largest absolute Gasteiger partial charge is 0.365 e. The minimum atomic E-state index is -0.545. The number of carbonyl (C=O) groups is 1. The Morgan fingerprint density at radius 1 is 1.61 bits per heavy atom. The van der Waals surface area contributed by atoms with E-state index in [2.05, 4.69) is 21.9 Å². The molecule has 5 heteroatoms. The Morgan fingerprint density at radius 2 is 2.39 bits per heavy atom. The molecule has 0 fully saturated rings. The highest BCUT2D eigenvalue weighted by Crippen LogP contribution is 2.13. The second-order valence-electron chi connectivity index (χ2n) is 3.86. The lowest BCUT2D eigenvalue weighted by Gasteiger charge is -2.10. The molecule has 0 bridgehead atoms. The quantitative estimate of drug-likeness (QED) is 0.793. The van der Waals surface area contributed by atoms with E-state index in [1.165, 1.54) is 0 Å². The van der Waals surface area contributed by atoms with Gasteiger partial charge in [-0.2, -0.15) is 0 Å². The van der Waals surface area contributed by atoms with Gasteiger partial charge in [0.05, 0.1) is 17.6 Å². The van der Waals surface area contributed by atoms with Crippen molar-refractivity contribution in [2.75, 3.05) is 11.9 Å². The van der Waals surface area contributed by atoms with Crippen LogP contribution in [0, 0.1) is 0 Å². The van der Waals surface area contributed by atoms with Gasteiger partial charge in [0.25, 0.3) is 5.91 Å². The van der Waals surface area contributed by atoms with Gasteiger partial charge in [0.1, 0.15) is 6.10 Å². The number of carbonyl (C=O) groups excluding carboxylic acids is 1. The molecule has 2 N–H and O–H groups in total. The number of para-hydroxylation sites is 2. The van der Waals surface area contributed by atoms with Gasteiger partial charge in [0.15, 0.2) is 0 Å². The van der Waals surface area contributed by atoms with E-state index in [0.717, 1.165) is 11.0 Å². The summed E-state index contributed by atoms with van der Waals surface area (Å²) in [5, 5.41) is 2.68. The number of aromatic nitrogens is 2. The molecule has 94 valence electrons. The third kappa shape index (κ3) is 2.75. The summed E-state index contributed by atoms with van der Waals surface area (Å²) in [5.74, 6) is 0.186. The standard InChI is InChI=1S/C13H15N3O2/c1-3-8-18-9(2)12(17)16-13-14-10-6-4-5-7-11(10)15-13/h3-7,9H,1,8H2,2H3,(H2,14,15,16,17). The summed E-state index contributed by atoms with van der Waals surface area (Å²) in [5.41, 5.74) is 1.69. The lowest BCUT2D eigenvalue weighted by molar-refractivity contribution is -0.125. The van der Waals surface area contributed by atoms with Gasteiger partial charge in [0.2, 0.25) is 5.95 Å². The van der Waals surface area contributed by atoms with Gasteiger partial charge in [-0.15, -0.1) is 6.58 Å². The van der Waals surface area contributed by atoms with Crippen LogP contribution in [-0.4, -0.2) is 28.6 Å². The molecular weight excluding hydrogens is 230 g/mol. The zero-order chi connectivity index (χ0) is 13.0. The number of anilines is 1. The molecular formula is C13H15N3O2. The smallest absolute Gasteiger partial charge is 0.255 e. The summed E-state index contributed by atoms with van der Waals surface area (Å²) in [6.45, 7) is 5.55. The molecule has 0 aliphatic heterocycles. The summed E-state index contributed by atoms with van der Waals surface area (Å²) in [6, 6.07) is 7.57. The van der Waals surface area contributed by atoms with Crippen LogP contribution in [0.5, 0.6) is 0 Å². The van der Waals surface area contributed by atoms with Gasteiger partial charge in [-0.25, -0.2) is 4.98 Å². The van der Waals surface area contributed by atoms with E-state index in [-0.39, 0.29) is 5.91 Å². The topological polar surface area (TPSA) is 67.0 Å². The molecule has 5 nitrogen and oxygen atoms in total. The normalized spacial score (nSPS) is 12.3. The molecule has 0 saturated carbocycles. The highest BCUT2D eigenvalue weighted by Gasteiger charge is 2.14. The van der Waals surface area contributed by atoms with Crippen molar-refractivity contribution in [1.29, 1.82) is 0 Å². The minimum absolute atomic E-state index is 0.240. The molecule has 1 aromatic heterocycles. The Labute approximate surface area is 105 Å². The molecule has 2 aromatic rings. The molecule has 0 aliphatic rings. The van der Waals surface area contributed by atoms with Crippen LogP contribution in [0.25, 0.3) is 11.0 Å². The maximum atomic E-state index is 11.8. The fraction of sp³-hybridized carbons (Fsp3) is 0.231. The number of benzene rings is 1. The van der Waals surface area contributed by atoms with Gasteiger partial charge in [-0.3, -0.25) is 10.1 Å². The zero-order valence-corrected chi connectivity index (χ0v) is 10.1. The maximum Gasteiger partial charge on any atom is 0.255 e. The van der Waals surface area contributed by atoms with Crippen LogP contribution >= 0.6 is 0 Å². The molecule has 1 atom stereocenters. The van der Waals surface area contributed by atoms with Crippen LogP contribution in [0.2, 0.25) is 0 Å². The van der Waals surface area contributed by atoms with E-state index in [4.69, 9.17) is 4.74 Å². The van der Waals surface area contributed by atoms with E-state index < -0.39 is 6.10 Å². The summed E-state index contributed by atoms with van der Waals surface area (Å²) in [6.07, 6.45) is 1.06. The highest BCUT2D eigenvalue weighted by atomic mass is 16.5. The number of imidazole rings is 1. The Balaban J connectivity index is 2.04. The first-order valence-electron chi connectivity index (χ1n) is 5.69. The average molecular weight is 245 g/mol. The van der Waals surface area contributed by atoms with Crippen molar-refractivity contribution in [3.8, 4) is 0 Å². The van der Waals surface area contributed by atoms with Gasteiger partial charge in [-0.1, -0.05) is 18.2 Å². The second-order valence-corrected chi connectivity index (χ2v) is 3.86. The summed E-state index contributed by atoms with van der Waals surface area (Å²) in [4.78, 5) is 19.0. The fourth-order valence-corrected chi connectivity index (χ4v) is 1.52. The molecule has 0 radical (unpaired) electrons. The van der Waals surface area contributed by atoms with E-state index in [9.17, 15) is 4.79 Å². The number of hydrogen-bond donors (Lipinski definition) is 2. The van der Waals surface area contributed by atoms with Crippen molar-refractivity contribution >= 4 is 22.9 Å². The van der Waals surface area contributed by atoms with Crippen LogP contribution in [0.3, 0.4) is 0 Å². The molecule has 0 spiro atoms. The molecule has 1 heterocycles. The number of rotatable bonds is 5. The van der Waals surface area contributed by atoms with Gasteiger partial charge in [-0.05, 0) is 19.1 Å². The molecule has 0 aliphatic carbocycles. The zero-order valence-electron chi connectivity index (χ0n) is 10.1. The van der Waals surface area contributed by atoms with Crippen LogP contribution < -0.4 is 5.32 Å². The number of H-pyrrole nitrogens is 1. The summed E-state index contributed by atoms with van der Waals surface area (Å²) >= 11 is 0. The van der Waals surface area contributed by atoms with Gasteiger partial charge < -0.3 is 9.72 Å². The second kappa shape index (κ2) is 5.46. The predicted molar refractivity (Wildman–Crippen MR) is 70.3 cm³/mol. The maximum absolute atomic E-state index is 11.8. The Kier molecular flexibility index (Phi) is 3.74. The van der Waals surface area contributed by atoms with E-state index in [1.54, 1.807) is 13.0 Å². The summed E-state index contributed by atoms with van der Waals surface area (Å²) < 4.78 is 5.23. The molecule has 1 aromatic carbocycles. The number of fused-ring (bicyclic) bond motifs is 1. The Hall–Kier alpha value is -2.14. The number of nitrogens with zero attached hydrogens (tertiary/aromatic N) is 1. The molecule has 2 rings (SSSR count). The van der Waals surface area contributed by atoms with Crippen LogP contribution in [0.15, 0.2) is 36.9 Å². The van der Waals surface area contributed by atoms with Crippen molar-refractivity contribution < 1.29 is 9.53 Å². The average Bonchev–Trinajstić information content (AvgIpc) is 2.77. The van der Waals surface area contributed by atoms with E-state index in [0.29, 0.717) is 12.6 Å². The van der Waals surface area contributed by atoms with Crippen molar-refractivity contribution in [2.24, 2.45) is 0 Å². The molecule has 1 amide bonds. The third-order valence-corrected chi connectivity index (χ3v) is 2.46. The number of aromatic amines is 1. The van der Waals surface area contributed by atoms with Gasteiger partial charge in [0, 0.05) is 0 Å². The van der Waals surface area contributed by atoms with Crippen molar-refractivity contribution in [1.82, 2.24) is 9.97 Å². The Bertz CT molecular complexity index is 529.